The van der Waals surface area contributed by atoms with E-state index in [0.717, 1.165) is 23.8 Å². The van der Waals surface area contributed by atoms with Gasteiger partial charge in [0.05, 0.1) is 0 Å². The summed E-state index contributed by atoms with van der Waals surface area (Å²) in [6.45, 7) is 2.39. The van der Waals surface area contributed by atoms with E-state index in [4.69, 9.17) is 0 Å². The highest BCUT2D eigenvalue weighted by Gasteiger charge is 2.35. The first kappa shape index (κ1) is 12.4. The van der Waals surface area contributed by atoms with Crippen molar-refractivity contribution in [3.63, 3.8) is 0 Å². The average Bonchev–Trinajstić information content (AvgIpc) is 2.84. The fraction of sp³-hybridized carbons (Fsp3) is 1.00. The first-order valence-corrected chi connectivity index (χ1v) is 7.54. The second-order valence-corrected chi connectivity index (χ2v) is 5.98. The average molecular weight is 223 g/mol. The summed E-state index contributed by atoms with van der Waals surface area (Å²) in [5, 5.41) is 3.68. The van der Waals surface area contributed by atoms with E-state index in [1.165, 1.54) is 57.8 Å². The van der Waals surface area contributed by atoms with Crippen LogP contribution in [0.4, 0.5) is 0 Å². The van der Waals surface area contributed by atoms with Crippen LogP contribution in [-0.2, 0) is 0 Å². The molecule has 2 saturated carbocycles. The Balaban J connectivity index is 1.99. The maximum Gasteiger partial charge on any atom is 0.0123 e. The summed E-state index contributed by atoms with van der Waals surface area (Å²) >= 11 is 0. The van der Waals surface area contributed by atoms with E-state index in [1.54, 1.807) is 0 Å². The van der Waals surface area contributed by atoms with Gasteiger partial charge in [-0.3, -0.25) is 0 Å². The molecule has 0 bridgehead atoms. The van der Waals surface area contributed by atoms with Gasteiger partial charge in [-0.05, 0) is 44.1 Å². The summed E-state index contributed by atoms with van der Waals surface area (Å²) in [4.78, 5) is 0. The van der Waals surface area contributed by atoms with Crippen LogP contribution >= 0.6 is 0 Å². The van der Waals surface area contributed by atoms with Gasteiger partial charge in [-0.1, -0.05) is 45.4 Å². The van der Waals surface area contributed by atoms with E-state index < -0.39 is 0 Å². The van der Waals surface area contributed by atoms with Gasteiger partial charge in [0.25, 0.3) is 0 Å². The number of hydrogen-bond acceptors (Lipinski definition) is 1. The Labute approximate surface area is 101 Å². The summed E-state index contributed by atoms with van der Waals surface area (Å²) in [6, 6.07) is 0.827. The minimum atomic E-state index is 0.827. The molecule has 0 aromatic heterocycles. The molecule has 0 spiro atoms. The van der Waals surface area contributed by atoms with Crippen LogP contribution in [-0.4, -0.2) is 13.1 Å². The van der Waals surface area contributed by atoms with E-state index in [1.807, 2.05) is 0 Å². The van der Waals surface area contributed by atoms with Crippen LogP contribution in [0.3, 0.4) is 0 Å². The van der Waals surface area contributed by atoms with E-state index >= 15 is 0 Å². The molecule has 0 amide bonds. The number of nitrogens with one attached hydrogen (secondary N) is 1. The molecule has 2 fully saturated rings. The summed E-state index contributed by atoms with van der Waals surface area (Å²) in [7, 11) is 2.20. The third kappa shape index (κ3) is 2.61. The first-order valence-electron chi connectivity index (χ1n) is 7.54. The molecule has 2 aliphatic rings. The lowest BCUT2D eigenvalue weighted by Gasteiger charge is -2.39. The molecular formula is C15H29N. The van der Waals surface area contributed by atoms with E-state index in [9.17, 15) is 0 Å². The minimum Gasteiger partial charge on any atom is -0.316 e. The lowest BCUT2D eigenvalue weighted by molar-refractivity contribution is 0.143. The molecule has 0 saturated heterocycles. The van der Waals surface area contributed by atoms with Crippen LogP contribution in [0.5, 0.6) is 0 Å². The zero-order chi connectivity index (χ0) is 11.4. The molecule has 1 nitrogen and oxygen atoms in total. The molecule has 3 unspecified atom stereocenters. The van der Waals surface area contributed by atoms with Crippen molar-refractivity contribution in [2.45, 2.75) is 70.8 Å². The van der Waals surface area contributed by atoms with Crippen molar-refractivity contribution in [1.29, 1.82) is 0 Å². The van der Waals surface area contributed by atoms with Crippen molar-refractivity contribution in [1.82, 2.24) is 5.32 Å². The van der Waals surface area contributed by atoms with Gasteiger partial charge >= 0.3 is 0 Å². The van der Waals surface area contributed by atoms with Crippen molar-refractivity contribution in [3.05, 3.63) is 0 Å². The van der Waals surface area contributed by atoms with Crippen molar-refractivity contribution >= 4 is 0 Å². The Kier molecular flexibility index (Phi) is 4.69. The molecule has 0 aliphatic heterocycles. The Morgan fingerprint density at radius 3 is 2.25 bits per heavy atom. The van der Waals surface area contributed by atoms with Gasteiger partial charge in [0.15, 0.2) is 0 Å². The fourth-order valence-electron chi connectivity index (χ4n) is 4.33. The molecule has 0 aromatic carbocycles. The van der Waals surface area contributed by atoms with Crippen LogP contribution in [0.15, 0.2) is 0 Å². The van der Waals surface area contributed by atoms with Crippen molar-refractivity contribution in [3.8, 4) is 0 Å². The first-order chi connectivity index (χ1) is 7.86. The van der Waals surface area contributed by atoms with E-state index in [0.29, 0.717) is 0 Å². The molecule has 2 rings (SSSR count). The van der Waals surface area contributed by atoms with Crippen LogP contribution < -0.4 is 5.32 Å². The van der Waals surface area contributed by atoms with Gasteiger partial charge in [0, 0.05) is 6.04 Å². The highest BCUT2D eigenvalue weighted by Crippen LogP contribution is 2.40. The molecule has 1 N–H and O–H groups in total. The summed E-state index contributed by atoms with van der Waals surface area (Å²) < 4.78 is 0. The SMILES string of the molecule is CCC1CCCCC1C(NC)C1CCCC1. The van der Waals surface area contributed by atoms with Gasteiger partial charge in [-0.25, -0.2) is 0 Å². The summed E-state index contributed by atoms with van der Waals surface area (Å²) in [6.07, 6.45) is 13.3. The quantitative estimate of drug-likeness (QED) is 0.760. The van der Waals surface area contributed by atoms with Crippen LogP contribution in [0.25, 0.3) is 0 Å². The summed E-state index contributed by atoms with van der Waals surface area (Å²) in [5.41, 5.74) is 0. The van der Waals surface area contributed by atoms with Gasteiger partial charge in [-0.2, -0.15) is 0 Å². The molecule has 0 radical (unpaired) electrons. The third-order valence-electron chi connectivity index (χ3n) is 5.19. The lowest BCUT2D eigenvalue weighted by Crippen LogP contribution is -2.43. The second-order valence-electron chi connectivity index (χ2n) is 5.98. The molecule has 2 aliphatic carbocycles. The highest BCUT2D eigenvalue weighted by molar-refractivity contribution is 4.89. The Morgan fingerprint density at radius 1 is 1.00 bits per heavy atom. The second kappa shape index (κ2) is 6.05. The Hall–Kier alpha value is -0.0400. The molecule has 94 valence electrons. The third-order valence-corrected chi connectivity index (χ3v) is 5.19. The van der Waals surface area contributed by atoms with E-state index in [2.05, 4.69) is 19.3 Å². The largest absolute Gasteiger partial charge is 0.316 e. The van der Waals surface area contributed by atoms with Gasteiger partial charge in [0.2, 0.25) is 0 Å². The molecule has 3 atom stereocenters. The van der Waals surface area contributed by atoms with Gasteiger partial charge < -0.3 is 5.32 Å². The molecule has 0 heterocycles. The van der Waals surface area contributed by atoms with Crippen LogP contribution in [0, 0.1) is 17.8 Å². The standard InChI is InChI=1S/C15H29N/c1-3-12-8-6-7-11-14(12)15(16-2)13-9-4-5-10-13/h12-16H,3-11H2,1-2H3. The van der Waals surface area contributed by atoms with Gasteiger partial charge in [0.1, 0.15) is 0 Å². The number of rotatable bonds is 4. The molecular weight excluding hydrogens is 194 g/mol. The van der Waals surface area contributed by atoms with Crippen LogP contribution in [0.2, 0.25) is 0 Å². The predicted octanol–water partition coefficient (Wildman–Crippen LogP) is 3.98. The molecule has 1 heteroatoms. The Morgan fingerprint density at radius 2 is 1.62 bits per heavy atom. The summed E-state index contributed by atoms with van der Waals surface area (Å²) in [5.74, 6) is 2.97. The molecule has 16 heavy (non-hydrogen) atoms. The smallest absolute Gasteiger partial charge is 0.0123 e. The monoisotopic (exact) mass is 223 g/mol. The minimum absolute atomic E-state index is 0.827. The Bertz CT molecular complexity index is 194. The van der Waals surface area contributed by atoms with Crippen molar-refractivity contribution in [2.24, 2.45) is 17.8 Å². The fourth-order valence-corrected chi connectivity index (χ4v) is 4.33. The highest BCUT2D eigenvalue weighted by atomic mass is 14.9. The van der Waals surface area contributed by atoms with Crippen molar-refractivity contribution in [2.75, 3.05) is 7.05 Å². The maximum absolute atomic E-state index is 3.68. The zero-order valence-corrected chi connectivity index (χ0v) is 11.2. The number of hydrogen-bond donors (Lipinski definition) is 1. The predicted molar refractivity (Wildman–Crippen MR) is 70.5 cm³/mol. The normalized spacial score (nSPS) is 34.1. The van der Waals surface area contributed by atoms with Crippen LogP contribution in [0.1, 0.15) is 64.7 Å². The van der Waals surface area contributed by atoms with E-state index in [-0.39, 0.29) is 0 Å². The van der Waals surface area contributed by atoms with Gasteiger partial charge in [-0.15, -0.1) is 0 Å². The topological polar surface area (TPSA) is 12.0 Å². The zero-order valence-electron chi connectivity index (χ0n) is 11.2. The molecule has 0 aromatic rings. The maximum atomic E-state index is 3.68. The van der Waals surface area contributed by atoms with Crippen molar-refractivity contribution < 1.29 is 0 Å². The lowest BCUT2D eigenvalue weighted by atomic mass is 9.70.